The van der Waals surface area contributed by atoms with Crippen molar-refractivity contribution in [2.75, 3.05) is 6.54 Å². The van der Waals surface area contributed by atoms with Crippen molar-refractivity contribution < 1.29 is 9.90 Å². The molecule has 0 aromatic heterocycles. The SMILES string of the molecule is CC1(CNC(=O)c2ccc3ccccc3c2O)CCCC1. The first-order chi connectivity index (χ1) is 10.1. The molecule has 2 N–H and O–H groups in total. The predicted molar refractivity (Wildman–Crippen MR) is 84.5 cm³/mol. The average molecular weight is 283 g/mol. The molecule has 1 aliphatic rings. The van der Waals surface area contributed by atoms with Gasteiger partial charge in [-0.25, -0.2) is 0 Å². The number of fused-ring (bicyclic) bond motifs is 1. The van der Waals surface area contributed by atoms with Gasteiger partial charge in [0.05, 0.1) is 5.56 Å². The third kappa shape index (κ3) is 2.73. The highest BCUT2D eigenvalue weighted by atomic mass is 16.3. The number of phenolic OH excluding ortho intramolecular Hbond substituents is 1. The van der Waals surface area contributed by atoms with Crippen LogP contribution in [0.2, 0.25) is 0 Å². The van der Waals surface area contributed by atoms with Gasteiger partial charge in [-0.2, -0.15) is 0 Å². The van der Waals surface area contributed by atoms with Crippen molar-refractivity contribution in [2.24, 2.45) is 5.41 Å². The molecule has 0 heterocycles. The van der Waals surface area contributed by atoms with Crippen molar-refractivity contribution >= 4 is 16.7 Å². The van der Waals surface area contributed by atoms with Crippen LogP contribution in [0.3, 0.4) is 0 Å². The predicted octanol–water partition coefficient (Wildman–Crippen LogP) is 3.86. The Morgan fingerprint density at radius 1 is 1.19 bits per heavy atom. The second-order valence-corrected chi connectivity index (χ2v) is 6.38. The minimum atomic E-state index is -0.189. The lowest BCUT2D eigenvalue weighted by Gasteiger charge is -2.23. The van der Waals surface area contributed by atoms with E-state index in [1.807, 2.05) is 30.3 Å². The van der Waals surface area contributed by atoms with Gasteiger partial charge in [-0.15, -0.1) is 0 Å². The van der Waals surface area contributed by atoms with Gasteiger partial charge in [0.25, 0.3) is 5.91 Å². The second kappa shape index (κ2) is 5.40. The fourth-order valence-electron chi connectivity index (χ4n) is 3.23. The summed E-state index contributed by atoms with van der Waals surface area (Å²) in [6.07, 6.45) is 4.81. The largest absolute Gasteiger partial charge is 0.506 e. The van der Waals surface area contributed by atoms with Gasteiger partial charge in [-0.05, 0) is 29.7 Å². The van der Waals surface area contributed by atoms with E-state index in [-0.39, 0.29) is 17.1 Å². The standard InChI is InChI=1S/C18H21NO2/c1-18(10-4-5-11-18)12-19-17(21)15-9-8-13-6-2-3-7-14(13)16(15)20/h2-3,6-9,20H,4-5,10-12H2,1H3,(H,19,21). The van der Waals surface area contributed by atoms with Crippen LogP contribution in [0, 0.1) is 5.41 Å². The van der Waals surface area contributed by atoms with Crippen molar-refractivity contribution in [3.63, 3.8) is 0 Å². The van der Waals surface area contributed by atoms with E-state index in [1.165, 1.54) is 12.8 Å². The van der Waals surface area contributed by atoms with Gasteiger partial charge in [0.15, 0.2) is 0 Å². The lowest BCUT2D eigenvalue weighted by Crippen LogP contribution is -2.34. The Bertz CT molecular complexity index is 672. The summed E-state index contributed by atoms with van der Waals surface area (Å²) in [7, 11) is 0. The zero-order valence-electron chi connectivity index (χ0n) is 12.4. The van der Waals surface area contributed by atoms with Crippen LogP contribution in [-0.4, -0.2) is 17.6 Å². The van der Waals surface area contributed by atoms with Crippen LogP contribution in [0.1, 0.15) is 43.0 Å². The number of rotatable bonds is 3. The normalized spacial score (nSPS) is 17.0. The highest BCUT2D eigenvalue weighted by Crippen LogP contribution is 2.37. The molecular formula is C18H21NO2. The van der Waals surface area contributed by atoms with E-state index >= 15 is 0 Å². The average Bonchev–Trinajstić information content (AvgIpc) is 2.93. The van der Waals surface area contributed by atoms with Gasteiger partial charge in [-0.1, -0.05) is 50.1 Å². The first kappa shape index (κ1) is 13.9. The number of aromatic hydroxyl groups is 1. The topological polar surface area (TPSA) is 49.3 Å². The summed E-state index contributed by atoms with van der Waals surface area (Å²) in [5.41, 5.74) is 0.567. The molecule has 3 nitrogen and oxygen atoms in total. The molecule has 3 rings (SSSR count). The van der Waals surface area contributed by atoms with E-state index in [0.29, 0.717) is 12.1 Å². The van der Waals surface area contributed by atoms with Crippen LogP contribution < -0.4 is 5.32 Å². The molecule has 1 saturated carbocycles. The molecule has 0 atom stereocenters. The maximum atomic E-state index is 12.3. The van der Waals surface area contributed by atoms with Crippen molar-refractivity contribution in [2.45, 2.75) is 32.6 Å². The summed E-state index contributed by atoms with van der Waals surface area (Å²) in [5, 5.41) is 15.0. The Hall–Kier alpha value is -2.03. The second-order valence-electron chi connectivity index (χ2n) is 6.38. The van der Waals surface area contributed by atoms with Crippen LogP contribution in [0.4, 0.5) is 0 Å². The summed E-state index contributed by atoms with van der Waals surface area (Å²) in [4.78, 5) is 12.3. The number of carbonyl (C=O) groups is 1. The van der Waals surface area contributed by atoms with Crippen LogP contribution in [-0.2, 0) is 0 Å². The molecule has 0 saturated heterocycles. The molecule has 1 amide bonds. The molecule has 0 bridgehead atoms. The molecule has 0 radical (unpaired) electrons. The van der Waals surface area contributed by atoms with E-state index < -0.39 is 0 Å². The summed E-state index contributed by atoms with van der Waals surface area (Å²) in [5.74, 6) is -0.117. The van der Waals surface area contributed by atoms with Gasteiger partial charge in [0.2, 0.25) is 0 Å². The number of hydrogen-bond acceptors (Lipinski definition) is 2. The summed E-state index contributed by atoms with van der Waals surface area (Å²) >= 11 is 0. The number of benzene rings is 2. The smallest absolute Gasteiger partial charge is 0.255 e. The summed E-state index contributed by atoms with van der Waals surface area (Å²) in [6, 6.07) is 11.1. The molecule has 2 aromatic carbocycles. The Kier molecular flexibility index (Phi) is 3.58. The van der Waals surface area contributed by atoms with Gasteiger partial charge in [0.1, 0.15) is 5.75 Å². The number of amides is 1. The Morgan fingerprint density at radius 3 is 2.67 bits per heavy atom. The van der Waals surface area contributed by atoms with Crippen molar-refractivity contribution in [1.29, 1.82) is 0 Å². The minimum Gasteiger partial charge on any atom is -0.506 e. The highest BCUT2D eigenvalue weighted by molar-refractivity contribution is 6.03. The maximum Gasteiger partial charge on any atom is 0.255 e. The number of carbonyl (C=O) groups excluding carboxylic acids is 1. The molecule has 0 unspecified atom stereocenters. The molecule has 110 valence electrons. The Balaban J connectivity index is 1.80. The van der Waals surface area contributed by atoms with Crippen LogP contribution in [0.5, 0.6) is 5.75 Å². The van der Waals surface area contributed by atoms with E-state index in [4.69, 9.17) is 0 Å². The molecule has 21 heavy (non-hydrogen) atoms. The lowest BCUT2D eigenvalue weighted by atomic mass is 9.89. The molecule has 1 aliphatic carbocycles. The molecule has 0 spiro atoms. The quantitative estimate of drug-likeness (QED) is 0.898. The fraction of sp³-hybridized carbons (Fsp3) is 0.389. The molecule has 2 aromatic rings. The summed E-state index contributed by atoms with van der Waals surface area (Å²) < 4.78 is 0. The maximum absolute atomic E-state index is 12.3. The van der Waals surface area contributed by atoms with Crippen molar-refractivity contribution in [3.05, 3.63) is 42.0 Å². The number of phenols is 1. The van der Waals surface area contributed by atoms with Crippen LogP contribution >= 0.6 is 0 Å². The highest BCUT2D eigenvalue weighted by Gasteiger charge is 2.29. The van der Waals surface area contributed by atoms with Crippen molar-refractivity contribution in [3.8, 4) is 5.75 Å². The molecule has 3 heteroatoms. The first-order valence-corrected chi connectivity index (χ1v) is 7.58. The Morgan fingerprint density at radius 2 is 1.90 bits per heavy atom. The number of nitrogens with one attached hydrogen (secondary N) is 1. The van der Waals surface area contributed by atoms with Crippen molar-refractivity contribution in [1.82, 2.24) is 5.32 Å². The Labute approximate surface area is 125 Å². The zero-order valence-corrected chi connectivity index (χ0v) is 12.4. The molecule has 0 aliphatic heterocycles. The van der Waals surface area contributed by atoms with Gasteiger partial charge >= 0.3 is 0 Å². The third-order valence-corrected chi connectivity index (χ3v) is 4.63. The molecule has 1 fully saturated rings. The fourth-order valence-corrected chi connectivity index (χ4v) is 3.23. The zero-order chi connectivity index (χ0) is 14.9. The summed E-state index contributed by atoms with van der Waals surface area (Å²) in [6.45, 7) is 2.90. The van der Waals surface area contributed by atoms with Crippen LogP contribution in [0.25, 0.3) is 10.8 Å². The van der Waals surface area contributed by atoms with E-state index in [2.05, 4.69) is 12.2 Å². The van der Waals surface area contributed by atoms with E-state index in [1.54, 1.807) is 6.07 Å². The third-order valence-electron chi connectivity index (χ3n) is 4.63. The van der Waals surface area contributed by atoms with E-state index in [9.17, 15) is 9.90 Å². The number of hydrogen-bond donors (Lipinski definition) is 2. The van der Waals surface area contributed by atoms with Gasteiger partial charge < -0.3 is 10.4 Å². The van der Waals surface area contributed by atoms with Gasteiger partial charge in [-0.3, -0.25) is 4.79 Å². The van der Waals surface area contributed by atoms with Gasteiger partial charge in [0, 0.05) is 11.9 Å². The monoisotopic (exact) mass is 283 g/mol. The first-order valence-electron chi connectivity index (χ1n) is 7.58. The van der Waals surface area contributed by atoms with Crippen LogP contribution in [0.15, 0.2) is 36.4 Å². The lowest BCUT2D eigenvalue weighted by molar-refractivity contribution is 0.0932. The minimum absolute atomic E-state index is 0.0715. The van der Waals surface area contributed by atoms with E-state index in [0.717, 1.165) is 23.6 Å². The molecular weight excluding hydrogens is 262 g/mol.